The number of aromatic hydroxyl groups is 1. The highest BCUT2D eigenvalue weighted by atomic mass is 16.4. The SMILES string of the molecule is CC(C)(C)CCCCc1c(O)cccc1CCCCC1(C(=O)O)CC1. The fraction of sp³-hybridized carbons (Fsp3) is 0.682. The van der Waals surface area contributed by atoms with E-state index in [1.54, 1.807) is 6.07 Å². The summed E-state index contributed by atoms with van der Waals surface area (Å²) in [5, 5.41) is 19.5. The van der Waals surface area contributed by atoms with E-state index in [4.69, 9.17) is 0 Å². The van der Waals surface area contributed by atoms with Crippen molar-refractivity contribution >= 4 is 5.97 Å². The fourth-order valence-corrected chi connectivity index (χ4v) is 3.60. The van der Waals surface area contributed by atoms with Gasteiger partial charge in [0.15, 0.2) is 0 Å². The highest BCUT2D eigenvalue weighted by Gasteiger charge is 2.49. The van der Waals surface area contributed by atoms with Crippen molar-refractivity contribution in [3.8, 4) is 5.75 Å². The number of aliphatic carboxylic acids is 1. The van der Waals surface area contributed by atoms with Gasteiger partial charge in [-0.05, 0) is 74.0 Å². The predicted molar refractivity (Wildman–Crippen MR) is 102 cm³/mol. The number of hydrogen-bond donors (Lipinski definition) is 2. The molecule has 25 heavy (non-hydrogen) atoms. The molecule has 0 spiro atoms. The lowest BCUT2D eigenvalue weighted by atomic mass is 9.88. The van der Waals surface area contributed by atoms with Gasteiger partial charge in [0.05, 0.1) is 5.41 Å². The molecule has 1 aromatic carbocycles. The van der Waals surface area contributed by atoms with Crippen molar-refractivity contribution < 1.29 is 15.0 Å². The summed E-state index contributed by atoms with van der Waals surface area (Å²) in [5.41, 5.74) is 2.28. The van der Waals surface area contributed by atoms with Crippen LogP contribution in [-0.4, -0.2) is 16.2 Å². The number of aryl methyl sites for hydroxylation is 1. The Hall–Kier alpha value is -1.51. The summed E-state index contributed by atoms with van der Waals surface area (Å²) < 4.78 is 0. The Morgan fingerprint density at radius 1 is 1.08 bits per heavy atom. The number of unbranched alkanes of at least 4 members (excludes halogenated alkanes) is 2. The summed E-state index contributed by atoms with van der Waals surface area (Å²) in [6.45, 7) is 6.80. The first-order valence-corrected chi connectivity index (χ1v) is 9.77. The monoisotopic (exact) mass is 346 g/mol. The molecule has 0 radical (unpaired) electrons. The topological polar surface area (TPSA) is 57.5 Å². The summed E-state index contributed by atoms with van der Waals surface area (Å²) in [5.74, 6) is -0.207. The number of phenolic OH excluding ortho intramolecular Hbond substituents is 1. The first kappa shape index (κ1) is 19.8. The van der Waals surface area contributed by atoms with Gasteiger partial charge < -0.3 is 10.2 Å². The summed E-state index contributed by atoms with van der Waals surface area (Å²) in [6.07, 6.45) is 9.76. The molecule has 0 heterocycles. The molecule has 0 unspecified atom stereocenters. The second-order valence-electron chi connectivity index (χ2n) is 8.98. The number of carbonyl (C=O) groups is 1. The van der Waals surface area contributed by atoms with Gasteiger partial charge in [-0.1, -0.05) is 45.7 Å². The van der Waals surface area contributed by atoms with Crippen LogP contribution in [0.15, 0.2) is 18.2 Å². The average Bonchev–Trinajstić information content (AvgIpc) is 3.30. The van der Waals surface area contributed by atoms with E-state index in [9.17, 15) is 15.0 Å². The van der Waals surface area contributed by atoms with E-state index in [2.05, 4.69) is 26.8 Å². The summed E-state index contributed by atoms with van der Waals surface area (Å²) in [6, 6.07) is 5.82. The van der Waals surface area contributed by atoms with Gasteiger partial charge in [-0.2, -0.15) is 0 Å². The molecule has 0 atom stereocenters. The van der Waals surface area contributed by atoms with Crippen molar-refractivity contribution in [1.82, 2.24) is 0 Å². The molecule has 1 aliphatic carbocycles. The Morgan fingerprint density at radius 2 is 1.76 bits per heavy atom. The van der Waals surface area contributed by atoms with Crippen molar-refractivity contribution in [3.05, 3.63) is 29.3 Å². The lowest BCUT2D eigenvalue weighted by Gasteiger charge is -2.18. The minimum atomic E-state index is -0.621. The quantitative estimate of drug-likeness (QED) is 0.532. The average molecular weight is 347 g/mol. The van der Waals surface area contributed by atoms with E-state index in [1.165, 1.54) is 18.4 Å². The van der Waals surface area contributed by atoms with Crippen LogP contribution in [0.1, 0.15) is 83.3 Å². The number of benzene rings is 1. The molecule has 1 fully saturated rings. The lowest BCUT2D eigenvalue weighted by Crippen LogP contribution is -2.14. The Kier molecular flexibility index (Phi) is 6.53. The largest absolute Gasteiger partial charge is 0.508 e. The third-order valence-electron chi connectivity index (χ3n) is 5.51. The molecule has 0 aromatic heterocycles. The number of carboxylic acids is 1. The van der Waals surface area contributed by atoms with Crippen LogP contribution in [0.3, 0.4) is 0 Å². The first-order chi connectivity index (χ1) is 11.7. The zero-order chi connectivity index (χ0) is 18.5. The van der Waals surface area contributed by atoms with Crippen LogP contribution in [-0.2, 0) is 17.6 Å². The van der Waals surface area contributed by atoms with E-state index in [0.29, 0.717) is 11.2 Å². The van der Waals surface area contributed by atoms with E-state index < -0.39 is 11.4 Å². The summed E-state index contributed by atoms with van der Waals surface area (Å²) in [7, 11) is 0. The van der Waals surface area contributed by atoms with Crippen molar-refractivity contribution in [2.75, 3.05) is 0 Å². The highest BCUT2D eigenvalue weighted by Crippen LogP contribution is 2.50. The summed E-state index contributed by atoms with van der Waals surface area (Å²) >= 11 is 0. The second kappa shape index (κ2) is 8.25. The van der Waals surface area contributed by atoms with Crippen LogP contribution in [0.25, 0.3) is 0 Å². The molecule has 0 saturated heterocycles. The zero-order valence-corrected chi connectivity index (χ0v) is 16.1. The molecule has 2 N–H and O–H groups in total. The van der Waals surface area contributed by atoms with Gasteiger partial charge in [-0.15, -0.1) is 0 Å². The van der Waals surface area contributed by atoms with Gasteiger partial charge in [0, 0.05) is 0 Å². The Bertz CT molecular complexity index is 579. The van der Waals surface area contributed by atoms with Crippen LogP contribution in [0.5, 0.6) is 5.75 Å². The van der Waals surface area contributed by atoms with Gasteiger partial charge in [0.2, 0.25) is 0 Å². The van der Waals surface area contributed by atoms with Crippen LogP contribution >= 0.6 is 0 Å². The van der Waals surface area contributed by atoms with Gasteiger partial charge >= 0.3 is 5.97 Å². The van der Waals surface area contributed by atoms with Gasteiger partial charge in [-0.25, -0.2) is 0 Å². The second-order valence-corrected chi connectivity index (χ2v) is 8.98. The van der Waals surface area contributed by atoms with Crippen LogP contribution in [0.4, 0.5) is 0 Å². The maximum absolute atomic E-state index is 11.2. The third-order valence-corrected chi connectivity index (χ3v) is 5.51. The molecule has 1 aromatic rings. The van der Waals surface area contributed by atoms with Crippen molar-refractivity contribution in [3.63, 3.8) is 0 Å². The van der Waals surface area contributed by atoms with E-state index >= 15 is 0 Å². The minimum absolute atomic E-state index is 0.366. The van der Waals surface area contributed by atoms with Gasteiger partial charge in [-0.3, -0.25) is 4.79 Å². The molecule has 0 aliphatic heterocycles. The van der Waals surface area contributed by atoms with E-state index in [0.717, 1.165) is 56.9 Å². The number of rotatable bonds is 10. The van der Waals surface area contributed by atoms with Crippen molar-refractivity contribution in [1.29, 1.82) is 0 Å². The third kappa shape index (κ3) is 6.05. The smallest absolute Gasteiger partial charge is 0.309 e. The lowest BCUT2D eigenvalue weighted by molar-refractivity contribution is -0.143. The zero-order valence-electron chi connectivity index (χ0n) is 16.1. The van der Waals surface area contributed by atoms with Crippen LogP contribution in [0, 0.1) is 10.8 Å². The van der Waals surface area contributed by atoms with E-state index in [1.807, 2.05) is 6.07 Å². The fourth-order valence-electron chi connectivity index (χ4n) is 3.60. The maximum atomic E-state index is 11.2. The molecule has 140 valence electrons. The molecule has 0 bridgehead atoms. The molecule has 3 heteroatoms. The van der Waals surface area contributed by atoms with Crippen molar-refractivity contribution in [2.45, 2.75) is 85.0 Å². The molecule has 1 aliphatic rings. The normalized spacial score (nSPS) is 16.0. The summed E-state index contributed by atoms with van der Waals surface area (Å²) in [4.78, 5) is 11.2. The molecule has 3 nitrogen and oxygen atoms in total. The maximum Gasteiger partial charge on any atom is 0.309 e. The highest BCUT2D eigenvalue weighted by molar-refractivity contribution is 5.77. The molecular weight excluding hydrogens is 312 g/mol. The van der Waals surface area contributed by atoms with Gasteiger partial charge in [0.1, 0.15) is 5.75 Å². The Labute approximate surface area is 152 Å². The Morgan fingerprint density at radius 3 is 2.36 bits per heavy atom. The Balaban J connectivity index is 1.81. The standard InChI is InChI=1S/C22H34O3/c1-21(2,3)13-6-5-11-18-17(10-8-12-19(18)23)9-4-7-14-22(15-16-22)20(24)25/h8,10,12,23H,4-7,9,11,13-16H2,1-3H3,(H,24,25). The van der Waals surface area contributed by atoms with Crippen molar-refractivity contribution in [2.24, 2.45) is 10.8 Å². The van der Waals surface area contributed by atoms with E-state index in [-0.39, 0.29) is 0 Å². The van der Waals surface area contributed by atoms with Crippen LogP contribution in [0.2, 0.25) is 0 Å². The molecule has 1 saturated carbocycles. The molecule has 0 amide bonds. The predicted octanol–water partition coefficient (Wildman–Crippen LogP) is 5.73. The number of carboxylic acid groups (broad SMARTS) is 1. The minimum Gasteiger partial charge on any atom is -0.508 e. The number of phenols is 1. The number of hydrogen-bond acceptors (Lipinski definition) is 2. The van der Waals surface area contributed by atoms with Gasteiger partial charge in [0.25, 0.3) is 0 Å². The first-order valence-electron chi connectivity index (χ1n) is 9.77. The molecule has 2 rings (SSSR count). The van der Waals surface area contributed by atoms with Crippen LogP contribution < -0.4 is 0 Å². The molecular formula is C22H34O3.